The number of likely N-dealkylation sites (N-methyl/N-ethyl adjacent to an activating group) is 1. The summed E-state index contributed by atoms with van der Waals surface area (Å²) in [7, 11) is 0. The van der Waals surface area contributed by atoms with Crippen LogP contribution in [0, 0.1) is 0 Å². The highest BCUT2D eigenvalue weighted by molar-refractivity contribution is 5.75. The Kier molecular flexibility index (Phi) is 3.92. The van der Waals surface area contributed by atoms with Crippen molar-refractivity contribution in [2.24, 2.45) is 0 Å². The fourth-order valence-corrected chi connectivity index (χ4v) is 3.21. The molecular weight excluding hydrogens is 250 g/mol. The molecular formula is C16H23N3O. The number of urea groups is 1. The number of rotatable bonds is 2. The number of amides is 2. The maximum atomic E-state index is 12.4. The van der Waals surface area contributed by atoms with E-state index in [1.165, 1.54) is 11.1 Å². The van der Waals surface area contributed by atoms with Gasteiger partial charge < -0.3 is 15.1 Å². The smallest absolute Gasteiger partial charge is 0.317 e. The van der Waals surface area contributed by atoms with Crippen molar-refractivity contribution in [1.82, 2.24) is 15.1 Å². The molecule has 0 bridgehead atoms. The van der Waals surface area contributed by atoms with Crippen molar-refractivity contribution in [3.05, 3.63) is 35.4 Å². The maximum Gasteiger partial charge on any atom is 0.317 e. The summed E-state index contributed by atoms with van der Waals surface area (Å²) in [6, 6.07) is 8.74. The number of aryl methyl sites for hydroxylation is 1. The summed E-state index contributed by atoms with van der Waals surface area (Å²) in [4.78, 5) is 16.7. The molecule has 0 spiro atoms. The van der Waals surface area contributed by atoms with E-state index in [4.69, 9.17) is 0 Å². The summed E-state index contributed by atoms with van der Waals surface area (Å²) in [5.74, 6) is 0. The van der Waals surface area contributed by atoms with Crippen LogP contribution in [0.1, 0.15) is 30.5 Å². The largest absolute Gasteiger partial charge is 0.331 e. The van der Waals surface area contributed by atoms with Crippen molar-refractivity contribution in [1.29, 1.82) is 0 Å². The highest BCUT2D eigenvalue weighted by atomic mass is 16.2. The van der Waals surface area contributed by atoms with E-state index in [2.05, 4.69) is 41.4 Å². The van der Waals surface area contributed by atoms with Gasteiger partial charge in [0.25, 0.3) is 0 Å². The van der Waals surface area contributed by atoms with E-state index in [-0.39, 0.29) is 12.1 Å². The number of hydrogen-bond donors (Lipinski definition) is 1. The number of nitrogens with zero attached hydrogens (tertiary/aromatic N) is 2. The van der Waals surface area contributed by atoms with Crippen LogP contribution in [0.3, 0.4) is 0 Å². The Balaban J connectivity index is 1.58. The summed E-state index contributed by atoms with van der Waals surface area (Å²) < 4.78 is 0. The molecule has 108 valence electrons. The lowest BCUT2D eigenvalue weighted by Crippen LogP contribution is -2.52. The zero-order valence-corrected chi connectivity index (χ0v) is 12.1. The number of carbonyl (C=O) groups excluding carboxylic acids is 1. The van der Waals surface area contributed by atoms with Crippen LogP contribution in [-0.2, 0) is 6.42 Å². The lowest BCUT2D eigenvalue weighted by atomic mass is 10.1. The summed E-state index contributed by atoms with van der Waals surface area (Å²) in [6.45, 7) is 6.91. The summed E-state index contributed by atoms with van der Waals surface area (Å²) in [6.07, 6.45) is 2.10. The SMILES string of the molecule is CCN1CCN(C(=O)NC2CCc3ccccc32)CC1. The molecule has 4 heteroatoms. The predicted molar refractivity (Wildman–Crippen MR) is 79.7 cm³/mol. The Morgan fingerprint density at radius 1 is 1.25 bits per heavy atom. The standard InChI is InChI=1S/C16H23N3O/c1-2-18-9-11-19(12-10-18)16(20)17-15-8-7-13-5-3-4-6-14(13)15/h3-6,15H,2,7-12H2,1H3,(H,17,20). The van der Waals surface area contributed by atoms with E-state index in [0.717, 1.165) is 45.6 Å². The van der Waals surface area contributed by atoms with Crippen LogP contribution in [0.5, 0.6) is 0 Å². The molecule has 1 aliphatic heterocycles. The first-order valence-electron chi connectivity index (χ1n) is 7.63. The number of nitrogens with one attached hydrogen (secondary N) is 1. The van der Waals surface area contributed by atoms with Gasteiger partial charge in [0.05, 0.1) is 6.04 Å². The van der Waals surface area contributed by atoms with E-state index in [9.17, 15) is 4.79 Å². The maximum absolute atomic E-state index is 12.4. The molecule has 1 aromatic rings. The molecule has 1 unspecified atom stereocenters. The first-order valence-corrected chi connectivity index (χ1v) is 7.63. The van der Waals surface area contributed by atoms with Crippen molar-refractivity contribution in [2.75, 3.05) is 32.7 Å². The van der Waals surface area contributed by atoms with Crippen LogP contribution < -0.4 is 5.32 Å². The number of benzene rings is 1. The molecule has 3 rings (SSSR count). The van der Waals surface area contributed by atoms with Gasteiger partial charge in [-0.05, 0) is 30.5 Å². The molecule has 1 N–H and O–H groups in total. The van der Waals surface area contributed by atoms with Gasteiger partial charge in [-0.1, -0.05) is 31.2 Å². The fraction of sp³-hybridized carbons (Fsp3) is 0.562. The first-order chi connectivity index (χ1) is 9.78. The second-order valence-electron chi connectivity index (χ2n) is 5.66. The molecule has 1 heterocycles. The van der Waals surface area contributed by atoms with Gasteiger partial charge in [-0.15, -0.1) is 0 Å². The van der Waals surface area contributed by atoms with Crippen molar-refractivity contribution in [3.63, 3.8) is 0 Å². The minimum Gasteiger partial charge on any atom is -0.331 e. The van der Waals surface area contributed by atoms with E-state index in [1.54, 1.807) is 0 Å². The van der Waals surface area contributed by atoms with E-state index in [1.807, 2.05) is 4.90 Å². The Bertz CT molecular complexity index is 480. The average Bonchev–Trinajstić information content (AvgIpc) is 2.91. The van der Waals surface area contributed by atoms with Crippen molar-refractivity contribution in [2.45, 2.75) is 25.8 Å². The van der Waals surface area contributed by atoms with E-state index >= 15 is 0 Å². The third kappa shape index (κ3) is 2.66. The van der Waals surface area contributed by atoms with Gasteiger partial charge in [0.2, 0.25) is 0 Å². The topological polar surface area (TPSA) is 35.6 Å². The Morgan fingerprint density at radius 2 is 2.00 bits per heavy atom. The van der Waals surface area contributed by atoms with Gasteiger partial charge in [-0.2, -0.15) is 0 Å². The van der Waals surface area contributed by atoms with Crippen LogP contribution in [0.25, 0.3) is 0 Å². The molecule has 2 aliphatic rings. The third-order valence-corrected chi connectivity index (χ3v) is 4.54. The number of carbonyl (C=O) groups is 1. The van der Waals surface area contributed by atoms with Crippen LogP contribution in [0.2, 0.25) is 0 Å². The second-order valence-corrected chi connectivity index (χ2v) is 5.66. The summed E-state index contributed by atoms with van der Waals surface area (Å²) in [5, 5.41) is 3.21. The monoisotopic (exact) mass is 273 g/mol. The Labute approximate surface area is 120 Å². The molecule has 0 radical (unpaired) electrons. The molecule has 1 saturated heterocycles. The van der Waals surface area contributed by atoms with Gasteiger partial charge in [-0.25, -0.2) is 4.79 Å². The second kappa shape index (κ2) is 5.83. The van der Waals surface area contributed by atoms with Gasteiger partial charge >= 0.3 is 6.03 Å². The lowest BCUT2D eigenvalue weighted by Gasteiger charge is -2.34. The van der Waals surface area contributed by atoms with Crippen LogP contribution in [0.4, 0.5) is 4.79 Å². The number of piperazine rings is 1. The highest BCUT2D eigenvalue weighted by Crippen LogP contribution is 2.30. The van der Waals surface area contributed by atoms with E-state index < -0.39 is 0 Å². The summed E-state index contributed by atoms with van der Waals surface area (Å²) >= 11 is 0. The lowest BCUT2D eigenvalue weighted by molar-refractivity contribution is 0.140. The van der Waals surface area contributed by atoms with Crippen molar-refractivity contribution in [3.8, 4) is 0 Å². The molecule has 2 amide bonds. The van der Waals surface area contributed by atoms with Crippen molar-refractivity contribution < 1.29 is 4.79 Å². The van der Waals surface area contributed by atoms with Crippen LogP contribution in [-0.4, -0.2) is 48.6 Å². The third-order valence-electron chi connectivity index (χ3n) is 4.54. The fourth-order valence-electron chi connectivity index (χ4n) is 3.21. The van der Waals surface area contributed by atoms with E-state index in [0.29, 0.717) is 0 Å². The Morgan fingerprint density at radius 3 is 2.75 bits per heavy atom. The van der Waals surface area contributed by atoms with Crippen LogP contribution in [0.15, 0.2) is 24.3 Å². The molecule has 1 atom stereocenters. The molecule has 4 nitrogen and oxygen atoms in total. The average molecular weight is 273 g/mol. The minimum atomic E-state index is 0.0995. The van der Waals surface area contributed by atoms with Gasteiger partial charge in [0.15, 0.2) is 0 Å². The number of fused-ring (bicyclic) bond motifs is 1. The Hall–Kier alpha value is -1.55. The number of hydrogen-bond acceptors (Lipinski definition) is 2. The normalized spacial score (nSPS) is 22.6. The zero-order valence-electron chi connectivity index (χ0n) is 12.1. The molecule has 20 heavy (non-hydrogen) atoms. The van der Waals surface area contributed by atoms with Crippen LogP contribution >= 0.6 is 0 Å². The van der Waals surface area contributed by atoms with Gasteiger partial charge in [0, 0.05) is 26.2 Å². The zero-order chi connectivity index (χ0) is 13.9. The highest BCUT2D eigenvalue weighted by Gasteiger charge is 2.26. The molecule has 1 aliphatic carbocycles. The molecule has 0 saturated carbocycles. The van der Waals surface area contributed by atoms with Gasteiger partial charge in [-0.3, -0.25) is 0 Å². The molecule has 1 fully saturated rings. The first kappa shape index (κ1) is 13.4. The molecule has 1 aromatic carbocycles. The minimum absolute atomic E-state index is 0.0995. The quantitative estimate of drug-likeness (QED) is 0.895. The molecule has 0 aromatic heterocycles. The predicted octanol–water partition coefficient (Wildman–Crippen LogP) is 2.02. The van der Waals surface area contributed by atoms with Gasteiger partial charge in [0.1, 0.15) is 0 Å². The van der Waals surface area contributed by atoms with Crippen molar-refractivity contribution >= 4 is 6.03 Å². The summed E-state index contributed by atoms with van der Waals surface area (Å²) in [5.41, 5.74) is 2.68.